The van der Waals surface area contributed by atoms with Crippen LogP contribution in [0.1, 0.15) is 37.5 Å². The summed E-state index contributed by atoms with van der Waals surface area (Å²) in [6, 6.07) is 19.8. The molecule has 0 bridgehead atoms. The first-order chi connectivity index (χ1) is 12.9. The van der Waals surface area contributed by atoms with Gasteiger partial charge >= 0.3 is 0 Å². The van der Waals surface area contributed by atoms with Crippen LogP contribution in [0.15, 0.2) is 60.8 Å². The lowest BCUT2D eigenvalue weighted by molar-refractivity contribution is 0.589. The van der Waals surface area contributed by atoms with Gasteiger partial charge in [-0.05, 0) is 53.3 Å². The highest BCUT2D eigenvalue weighted by atomic mass is 15.5. The van der Waals surface area contributed by atoms with Crippen LogP contribution in [0.3, 0.4) is 0 Å². The van der Waals surface area contributed by atoms with Gasteiger partial charge in [0.15, 0.2) is 5.82 Å². The van der Waals surface area contributed by atoms with Crippen LogP contribution < -0.4 is 9.80 Å². The van der Waals surface area contributed by atoms with Crippen LogP contribution in [0.4, 0.5) is 22.9 Å². The Hall–Kier alpha value is -2.81. The summed E-state index contributed by atoms with van der Waals surface area (Å²) in [5, 5.41) is 0. The van der Waals surface area contributed by atoms with Gasteiger partial charge in [0.2, 0.25) is 0 Å². The van der Waals surface area contributed by atoms with Crippen molar-refractivity contribution in [2.24, 2.45) is 0 Å². The molecule has 5 rings (SSSR count). The number of fused-ring (bicyclic) bond motifs is 5. The highest BCUT2D eigenvalue weighted by Crippen LogP contribution is 2.52. The average Bonchev–Trinajstić information content (AvgIpc) is 3.15. The molecule has 1 aromatic heterocycles. The van der Waals surface area contributed by atoms with Gasteiger partial charge in [-0.15, -0.1) is 0 Å². The Morgan fingerprint density at radius 1 is 0.889 bits per heavy atom. The molecule has 0 saturated carbocycles. The monoisotopic (exact) mass is 355 g/mol. The Morgan fingerprint density at radius 2 is 1.67 bits per heavy atom. The summed E-state index contributed by atoms with van der Waals surface area (Å²) >= 11 is 0. The number of para-hydroxylation sites is 1. The maximum Gasteiger partial charge on any atom is 0.158 e. The molecular weight excluding hydrogens is 330 g/mol. The molecule has 1 unspecified atom stereocenters. The number of aryl methyl sites for hydroxylation is 1. The van der Waals surface area contributed by atoms with Crippen molar-refractivity contribution in [3.05, 3.63) is 77.5 Å². The number of pyridine rings is 1. The molecule has 0 aliphatic carbocycles. The van der Waals surface area contributed by atoms with E-state index in [0.29, 0.717) is 0 Å². The van der Waals surface area contributed by atoms with Gasteiger partial charge in [-0.3, -0.25) is 0 Å². The van der Waals surface area contributed by atoms with E-state index >= 15 is 0 Å². The molecule has 0 spiro atoms. The molecule has 0 saturated heterocycles. The molecule has 3 heteroatoms. The van der Waals surface area contributed by atoms with Gasteiger partial charge in [-0.2, -0.15) is 0 Å². The third kappa shape index (κ3) is 2.38. The molecule has 3 nitrogen and oxygen atoms in total. The van der Waals surface area contributed by atoms with Crippen molar-refractivity contribution >= 4 is 22.9 Å². The van der Waals surface area contributed by atoms with E-state index in [1.54, 1.807) is 0 Å². The van der Waals surface area contributed by atoms with Gasteiger partial charge in [0.25, 0.3) is 0 Å². The number of benzene rings is 2. The summed E-state index contributed by atoms with van der Waals surface area (Å²) in [5.74, 6) is 1.06. The van der Waals surface area contributed by atoms with E-state index in [9.17, 15) is 0 Å². The summed E-state index contributed by atoms with van der Waals surface area (Å²) in [6.45, 7) is 9.03. The van der Waals surface area contributed by atoms with E-state index in [-0.39, 0.29) is 11.6 Å². The zero-order valence-corrected chi connectivity index (χ0v) is 16.4. The Morgan fingerprint density at radius 3 is 2.44 bits per heavy atom. The number of nitrogens with zero attached hydrogens (tertiary/aromatic N) is 3. The van der Waals surface area contributed by atoms with Gasteiger partial charge in [0.1, 0.15) is 6.17 Å². The molecule has 0 N–H and O–H groups in total. The molecule has 2 aliphatic rings. The Balaban J connectivity index is 1.67. The van der Waals surface area contributed by atoms with Crippen molar-refractivity contribution in [1.82, 2.24) is 4.98 Å². The molecule has 27 heavy (non-hydrogen) atoms. The van der Waals surface area contributed by atoms with Crippen molar-refractivity contribution in [3.63, 3.8) is 0 Å². The third-order valence-electron chi connectivity index (χ3n) is 5.83. The van der Waals surface area contributed by atoms with Crippen LogP contribution in [0.25, 0.3) is 0 Å². The van der Waals surface area contributed by atoms with Crippen molar-refractivity contribution in [2.75, 3.05) is 9.80 Å². The summed E-state index contributed by atoms with van der Waals surface area (Å²) < 4.78 is 0. The lowest BCUT2D eigenvalue weighted by atomic mass is 9.86. The van der Waals surface area contributed by atoms with E-state index in [1.807, 2.05) is 12.3 Å². The fourth-order valence-corrected chi connectivity index (χ4v) is 4.41. The third-order valence-corrected chi connectivity index (χ3v) is 5.83. The van der Waals surface area contributed by atoms with Crippen molar-refractivity contribution in [1.29, 1.82) is 0 Å². The molecular formula is C24H25N3. The van der Waals surface area contributed by atoms with E-state index in [4.69, 9.17) is 4.98 Å². The lowest BCUT2D eigenvalue weighted by Gasteiger charge is -2.28. The Kier molecular flexibility index (Phi) is 3.39. The molecule has 136 valence electrons. The quantitative estimate of drug-likeness (QED) is 0.545. The van der Waals surface area contributed by atoms with E-state index in [2.05, 4.69) is 86.0 Å². The Labute approximate surface area is 161 Å². The number of aromatic nitrogens is 1. The van der Waals surface area contributed by atoms with Gasteiger partial charge in [0.05, 0.1) is 5.69 Å². The lowest BCUT2D eigenvalue weighted by Crippen LogP contribution is -2.36. The van der Waals surface area contributed by atoms with Gasteiger partial charge < -0.3 is 9.80 Å². The van der Waals surface area contributed by atoms with Crippen LogP contribution >= 0.6 is 0 Å². The Bertz CT molecular complexity index is 1030. The van der Waals surface area contributed by atoms with Crippen LogP contribution in [0.5, 0.6) is 0 Å². The van der Waals surface area contributed by atoms with Gasteiger partial charge in [-0.25, -0.2) is 4.98 Å². The zero-order chi connectivity index (χ0) is 18.8. The highest BCUT2D eigenvalue weighted by molar-refractivity contribution is 5.89. The van der Waals surface area contributed by atoms with Crippen molar-refractivity contribution < 1.29 is 0 Å². The summed E-state index contributed by atoms with van der Waals surface area (Å²) in [4.78, 5) is 9.65. The SMILES string of the molecule is Cc1ccccc1N1c2cccnc2N2c3ccc(C(C)(C)C)cc3CC12. The van der Waals surface area contributed by atoms with Crippen LogP contribution in [0.2, 0.25) is 0 Å². The molecule has 2 aromatic carbocycles. The minimum atomic E-state index is 0.161. The van der Waals surface area contributed by atoms with Crippen molar-refractivity contribution in [3.8, 4) is 0 Å². The second-order valence-electron chi connectivity index (χ2n) is 8.65. The van der Waals surface area contributed by atoms with E-state index in [0.717, 1.165) is 12.2 Å². The van der Waals surface area contributed by atoms with Crippen molar-refractivity contribution in [2.45, 2.75) is 45.7 Å². The molecule has 0 radical (unpaired) electrons. The second kappa shape index (κ2) is 5.59. The minimum absolute atomic E-state index is 0.161. The summed E-state index contributed by atoms with van der Waals surface area (Å²) in [7, 11) is 0. The fourth-order valence-electron chi connectivity index (χ4n) is 4.41. The molecule has 3 aromatic rings. The maximum absolute atomic E-state index is 4.76. The molecule has 2 aliphatic heterocycles. The smallest absolute Gasteiger partial charge is 0.158 e. The largest absolute Gasteiger partial charge is 0.316 e. The first-order valence-corrected chi connectivity index (χ1v) is 9.68. The molecule has 1 atom stereocenters. The van der Waals surface area contributed by atoms with E-state index < -0.39 is 0 Å². The first kappa shape index (κ1) is 16.4. The molecule has 0 fully saturated rings. The van der Waals surface area contributed by atoms with Crippen LogP contribution in [0, 0.1) is 6.92 Å². The predicted molar refractivity (Wildman–Crippen MR) is 112 cm³/mol. The van der Waals surface area contributed by atoms with Gasteiger partial charge in [0, 0.05) is 24.0 Å². The number of rotatable bonds is 1. The minimum Gasteiger partial charge on any atom is -0.316 e. The summed E-state index contributed by atoms with van der Waals surface area (Å²) in [5.41, 5.74) is 8.02. The summed E-state index contributed by atoms with van der Waals surface area (Å²) in [6.07, 6.45) is 3.16. The number of hydrogen-bond donors (Lipinski definition) is 0. The molecule has 3 heterocycles. The fraction of sp³-hybridized carbons (Fsp3) is 0.292. The normalized spacial score (nSPS) is 17.7. The maximum atomic E-state index is 4.76. The standard InChI is InChI=1S/C24H25N3/c1-16-8-5-6-9-19(16)26-21-10-7-13-25-23(21)27-20-12-11-18(24(2,3)4)14-17(20)15-22(26)27/h5-14,22H,15H2,1-4H3. The molecule has 0 amide bonds. The number of hydrogen-bond acceptors (Lipinski definition) is 3. The number of anilines is 4. The first-order valence-electron chi connectivity index (χ1n) is 9.68. The predicted octanol–water partition coefficient (Wildman–Crippen LogP) is 5.86. The van der Waals surface area contributed by atoms with Crippen LogP contribution in [-0.4, -0.2) is 11.1 Å². The zero-order valence-electron chi connectivity index (χ0n) is 16.4. The van der Waals surface area contributed by atoms with Gasteiger partial charge in [-0.1, -0.05) is 51.1 Å². The average molecular weight is 355 g/mol. The highest BCUT2D eigenvalue weighted by Gasteiger charge is 2.44. The second-order valence-corrected chi connectivity index (χ2v) is 8.65. The van der Waals surface area contributed by atoms with Crippen LogP contribution in [-0.2, 0) is 11.8 Å². The van der Waals surface area contributed by atoms with E-state index in [1.165, 1.54) is 33.8 Å². The topological polar surface area (TPSA) is 19.4 Å².